The Hall–Kier alpha value is -2.40. The van der Waals surface area contributed by atoms with Gasteiger partial charge < -0.3 is 5.32 Å². The molecule has 4 rings (SSSR count). The van der Waals surface area contributed by atoms with Crippen LogP contribution in [-0.2, 0) is 0 Å². The Balaban J connectivity index is 1.59. The minimum atomic E-state index is -0.217. The Morgan fingerprint density at radius 1 is 0.962 bits per heavy atom. The molecule has 0 atom stereocenters. The second-order valence-corrected chi connectivity index (χ2v) is 7.52. The highest BCUT2D eigenvalue weighted by atomic mass is 35.5. The molecule has 3 aromatic carbocycles. The number of hydrogen-bond acceptors (Lipinski definition) is 3. The normalized spacial score (nSPS) is 10.8. The van der Waals surface area contributed by atoms with E-state index >= 15 is 0 Å². The number of halogens is 2. The highest BCUT2D eigenvalue weighted by Gasteiger charge is 2.12. The van der Waals surface area contributed by atoms with Crippen molar-refractivity contribution in [2.24, 2.45) is 0 Å². The van der Waals surface area contributed by atoms with E-state index in [9.17, 15) is 4.79 Å². The molecule has 4 aromatic rings. The smallest absolute Gasteiger partial charge is 0.255 e. The molecule has 0 aliphatic heterocycles. The fourth-order valence-corrected chi connectivity index (χ4v) is 4.02. The molecule has 0 aliphatic carbocycles. The summed E-state index contributed by atoms with van der Waals surface area (Å²) in [6, 6.07) is 20.1. The summed E-state index contributed by atoms with van der Waals surface area (Å²) in [6.45, 7) is 0. The second-order valence-electron chi connectivity index (χ2n) is 5.64. The fraction of sp³-hybridized carbons (Fsp3) is 0. The van der Waals surface area contributed by atoms with Crippen LogP contribution in [0.4, 0.5) is 5.69 Å². The molecule has 1 aromatic heterocycles. The van der Waals surface area contributed by atoms with Crippen molar-refractivity contribution in [2.75, 3.05) is 5.32 Å². The van der Waals surface area contributed by atoms with Crippen molar-refractivity contribution in [3.8, 4) is 10.6 Å². The summed E-state index contributed by atoms with van der Waals surface area (Å²) < 4.78 is 1.11. The monoisotopic (exact) mass is 398 g/mol. The van der Waals surface area contributed by atoms with Crippen LogP contribution < -0.4 is 5.32 Å². The molecular formula is C20H12Cl2N2OS. The van der Waals surface area contributed by atoms with Gasteiger partial charge in [0.05, 0.1) is 15.2 Å². The number of benzene rings is 3. The first-order chi connectivity index (χ1) is 12.6. The average Bonchev–Trinajstić information content (AvgIpc) is 3.06. The number of rotatable bonds is 3. The molecule has 3 nitrogen and oxygen atoms in total. The Bertz CT molecular complexity index is 1070. The summed E-state index contributed by atoms with van der Waals surface area (Å²) >= 11 is 13.9. The van der Waals surface area contributed by atoms with Crippen molar-refractivity contribution in [2.45, 2.75) is 0 Å². The van der Waals surface area contributed by atoms with E-state index < -0.39 is 0 Å². The molecule has 0 unspecified atom stereocenters. The maximum atomic E-state index is 12.3. The van der Waals surface area contributed by atoms with Crippen LogP contribution in [0.1, 0.15) is 10.4 Å². The number of nitrogens with one attached hydrogen (secondary N) is 1. The Labute approximate surface area is 164 Å². The number of anilines is 1. The third kappa shape index (κ3) is 3.44. The van der Waals surface area contributed by atoms with Crippen LogP contribution in [0.3, 0.4) is 0 Å². The molecule has 0 saturated carbocycles. The Kier molecular flexibility index (Phi) is 4.64. The minimum Gasteiger partial charge on any atom is -0.322 e. The summed E-state index contributed by atoms with van der Waals surface area (Å²) in [5.74, 6) is -0.217. The van der Waals surface area contributed by atoms with Crippen molar-refractivity contribution < 1.29 is 4.79 Å². The van der Waals surface area contributed by atoms with Gasteiger partial charge in [0.2, 0.25) is 0 Å². The highest BCUT2D eigenvalue weighted by Crippen LogP contribution is 2.35. The third-order valence-corrected chi connectivity index (χ3v) is 5.49. The van der Waals surface area contributed by atoms with E-state index in [1.165, 1.54) is 0 Å². The zero-order valence-electron chi connectivity index (χ0n) is 13.4. The zero-order valence-corrected chi connectivity index (χ0v) is 15.7. The molecule has 1 amide bonds. The van der Waals surface area contributed by atoms with Gasteiger partial charge in [-0.1, -0.05) is 35.3 Å². The summed E-state index contributed by atoms with van der Waals surface area (Å²) in [4.78, 5) is 16.9. The van der Waals surface area contributed by atoms with E-state index in [0.29, 0.717) is 21.3 Å². The van der Waals surface area contributed by atoms with Crippen molar-refractivity contribution in [3.63, 3.8) is 0 Å². The predicted octanol–water partition coefficient (Wildman–Crippen LogP) is 6.52. The van der Waals surface area contributed by atoms with Crippen LogP contribution in [0.5, 0.6) is 0 Å². The second kappa shape index (κ2) is 7.08. The van der Waals surface area contributed by atoms with E-state index in [1.54, 1.807) is 41.7 Å². The standard InChI is InChI=1S/C20H12Cl2N2OS/c21-13-7-5-12(6-8-13)19(25)23-14-9-10-15(16(22)11-14)20-24-17-3-1-2-4-18(17)26-20/h1-11H,(H,23,25). The lowest BCUT2D eigenvalue weighted by atomic mass is 10.2. The number of carbonyl (C=O) groups is 1. The predicted molar refractivity (Wildman–Crippen MR) is 109 cm³/mol. The number of fused-ring (bicyclic) bond motifs is 1. The number of aromatic nitrogens is 1. The van der Waals surface area contributed by atoms with E-state index in [-0.39, 0.29) is 5.91 Å². The van der Waals surface area contributed by atoms with E-state index in [4.69, 9.17) is 23.2 Å². The van der Waals surface area contributed by atoms with Crippen LogP contribution in [-0.4, -0.2) is 10.9 Å². The third-order valence-electron chi connectivity index (χ3n) is 3.86. The molecule has 128 valence electrons. The van der Waals surface area contributed by atoms with Crippen molar-refractivity contribution in [1.82, 2.24) is 4.98 Å². The number of amides is 1. The topological polar surface area (TPSA) is 42.0 Å². The van der Waals surface area contributed by atoms with Gasteiger partial charge in [0.1, 0.15) is 5.01 Å². The number of para-hydroxylation sites is 1. The Morgan fingerprint density at radius 3 is 2.46 bits per heavy atom. The minimum absolute atomic E-state index is 0.217. The van der Waals surface area contributed by atoms with Gasteiger partial charge in [0, 0.05) is 21.8 Å². The number of thiazole rings is 1. The van der Waals surface area contributed by atoms with Gasteiger partial charge in [-0.25, -0.2) is 4.98 Å². The largest absolute Gasteiger partial charge is 0.322 e. The van der Waals surface area contributed by atoms with E-state index in [1.807, 2.05) is 36.4 Å². The quantitative estimate of drug-likeness (QED) is 0.426. The van der Waals surface area contributed by atoms with Crippen LogP contribution in [0.15, 0.2) is 66.7 Å². The SMILES string of the molecule is O=C(Nc1ccc(-c2nc3ccccc3s2)c(Cl)c1)c1ccc(Cl)cc1. The molecule has 0 saturated heterocycles. The van der Waals surface area contributed by atoms with Gasteiger partial charge in [0.15, 0.2) is 0 Å². The number of carbonyl (C=O) groups excluding carboxylic acids is 1. The molecule has 0 aliphatic rings. The van der Waals surface area contributed by atoms with Gasteiger partial charge in [-0.05, 0) is 54.6 Å². The van der Waals surface area contributed by atoms with Crippen molar-refractivity contribution >= 4 is 56.3 Å². The van der Waals surface area contributed by atoms with Crippen LogP contribution in [0, 0.1) is 0 Å². The molecule has 0 fully saturated rings. The molecule has 0 bridgehead atoms. The van der Waals surface area contributed by atoms with Crippen molar-refractivity contribution in [3.05, 3.63) is 82.3 Å². The number of hydrogen-bond donors (Lipinski definition) is 1. The lowest BCUT2D eigenvalue weighted by Crippen LogP contribution is -2.11. The first-order valence-corrected chi connectivity index (χ1v) is 9.40. The molecule has 6 heteroatoms. The number of nitrogens with zero attached hydrogens (tertiary/aromatic N) is 1. The summed E-state index contributed by atoms with van der Waals surface area (Å²) in [6.07, 6.45) is 0. The van der Waals surface area contributed by atoms with Gasteiger partial charge in [-0.3, -0.25) is 4.79 Å². The average molecular weight is 399 g/mol. The lowest BCUT2D eigenvalue weighted by Gasteiger charge is -2.08. The van der Waals surface area contributed by atoms with E-state index in [0.717, 1.165) is 20.8 Å². The van der Waals surface area contributed by atoms with Gasteiger partial charge >= 0.3 is 0 Å². The maximum Gasteiger partial charge on any atom is 0.255 e. The zero-order chi connectivity index (χ0) is 18.1. The molecule has 26 heavy (non-hydrogen) atoms. The van der Waals surface area contributed by atoms with Gasteiger partial charge in [-0.2, -0.15) is 0 Å². The molecule has 1 heterocycles. The first-order valence-electron chi connectivity index (χ1n) is 7.82. The summed E-state index contributed by atoms with van der Waals surface area (Å²) in [7, 11) is 0. The van der Waals surface area contributed by atoms with Gasteiger partial charge in [-0.15, -0.1) is 11.3 Å². The fourth-order valence-electron chi connectivity index (χ4n) is 2.56. The summed E-state index contributed by atoms with van der Waals surface area (Å²) in [5, 5.41) is 4.82. The molecule has 1 N–H and O–H groups in total. The molecule has 0 spiro atoms. The molecule has 0 radical (unpaired) electrons. The Morgan fingerprint density at radius 2 is 1.73 bits per heavy atom. The van der Waals surface area contributed by atoms with Crippen LogP contribution in [0.25, 0.3) is 20.8 Å². The molecular weight excluding hydrogens is 387 g/mol. The maximum absolute atomic E-state index is 12.3. The summed E-state index contributed by atoms with van der Waals surface area (Å²) in [5.41, 5.74) is 2.95. The van der Waals surface area contributed by atoms with Gasteiger partial charge in [0.25, 0.3) is 5.91 Å². The van der Waals surface area contributed by atoms with Crippen molar-refractivity contribution in [1.29, 1.82) is 0 Å². The lowest BCUT2D eigenvalue weighted by molar-refractivity contribution is 0.102. The van der Waals surface area contributed by atoms with Crippen LogP contribution >= 0.6 is 34.5 Å². The van der Waals surface area contributed by atoms with Crippen LogP contribution in [0.2, 0.25) is 10.0 Å². The first kappa shape index (κ1) is 17.0. The van der Waals surface area contributed by atoms with E-state index in [2.05, 4.69) is 10.3 Å². The highest BCUT2D eigenvalue weighted by molar-refractivity contribution is 7.21.